The Labute approximate surface area is 164 Å². The molecule has 3 heterocycles. The van der Waals surface area contributed by atoms with E-state index in [2.05, 4.69) is 44.2 Å². The van der Waals surface area contributed by atoms with Gasteiger partial charge < -0.3 is 10.2 Å². The van der Waals surface area contributed by atoms with Crippen LogP contribution in [0.3, 0.4) is 0 Å². The summed E-state index contributed by atoms with van der Waals surface area (Å²) in [4.78, 5) is 32.1. The number of nitrogens with one attached hydrogen (secondary N) is 1. The van der Waals surface area contributed by atoms with Gasteiger partial charge in [0.05, 0.1) is 11.9 Å². The van der Waals surface area contributed by atoms with E-state index in [0.29, 0.717) is 17.6 Å². The van der Waals surface area contributed by atoms with E-state index >= 15 is 0 Å². The third kappa shape index (κ3) is 3.99. The summed E-state index contributed by atoms with van der Waals surface area (Å²) in [5.74, 6) is 0.692. The number of amides is 1. The molecule has 144 valence electrons. The van der Waals surface area contributed by atoms with Crippen LogP contribution in [0, 0.1) is 5.92 Å². The molecule has 1 fully saturated rings. The highest BCUT2D eigenvalue weighted by molar-refractivity contribution is 5.94. The number of hydrogen-bond donors (Lipinski definition) is 1. The SMILES string of the molecule is CN(C)[C@H]1CC[C@H](C(=O)Nc2cc3cc(-c4cnccn4)ncc3cn2)CC1. The smallest absolute Gasteiger partial charge is 0.228 e. The second kappa shape index (κ2) is 7.98. The minimum atomic E-state index is 0.0568. The third-order valence-corrected chi connectivity index (χ3v) is 5.48. The van der Waals surface area contributed by atoms with Gasteiger partial charge in [0.15, 0.2) is 0 Å². The zero-order valence-electron chi connectivity index (χ0n) is 16.2. The number of carbonyl (C=O) groups is 1. The van der Waals surface area contributed by atoms with Crippen LogP contribution in [-0.2, 0) is 4.79 Å². The fourth-order valence-electron chi connectivity index (χ4n) is 3.76. The van der Waals surface area contributed by atoms with Gasteiger partial charge in [-0.3, -0.25) is 19.7 Å². The van der Waals surface area contributed by atoms with Gasteiger partial charge in [-0.25, -0.2) is 4.98 Å². The van der Waals surface area contributed by atoms with Crippen molar-refractivity contribution in [3.8, 4) is 11.4 Å². The minimum Gasteiger partial charge on any atom is -0.310 e. The second-order valence-electron chi connectivity index (χ2n) is 7.54. The largest absolute Gasteiger partial charge is 0.310 e. The first kappa shape index (κ1) is 18.4. The molecule has 0 aliphatic heterocycles. The number of fused-ring (bicyclic) bond motifs is 1. The molecule has 7 heteroatoms. The van der Waals surface area contributed by atoms with Gasteiger partial charge in [-0.15, -0.1) is 0 Å². The van der Waals surface area contributed by atoms with Crippen LogP contribution >= 0.6 is 0 Å². The highest BCUT2D eigenvalue weighted by atomic mass is 16.1. The molecular weight excluding hydrogens is 352 g/mol. The average Bonchev–Trinajstić information content (AvgIpc) is 2.74. The van der Waals surface area contributed by atoms with E-state index in [1.54, 1.807) is 31.0 Å². The average molecular weight is 376 g/mol. The van der Waals surface area contributed by atoms with Gasteiger partial charge in [-0.2, -0.15) is 0 Å². The Balaban J connectivity index is 1.49. The summed E-state index contributed by atoms with van der Waals surface area (Å²) in [7, 11) is 4.21. The maximum Gasteiger partial charge on any atom is 0.228 e. The lowest BCUT2D eigenvalue weighted by atomic mass is 9.85. The Hall–Kier alpha value is -2.93. The number of aromatic nitrogens is 4. The van der Waals surface area contributed by atoms with Crippen LogP contribution in [0.4, 0.5) is 5.82 Å². The number of hydrogen-bond acceptors (Lipinski definition) is 6. The van der Waals surface area contributed by atoms with E-state index in [-0.39, 0.29) is 11.8 Å². The van der Waals surface area contributed by atoms with Crippen molar-refractivity contribution in [2.45, 2.75) is 31.7 Å². The Morgan fingerprint density at radius 1 is 0.929 bits per heavy atom. The predicted molar refractivity (Wildman–Crippen MR) is 109 cm³/mol. The first-order valence-electron chi connectivity index (χ1n) is 9.59. The van der Waals surface area contributed by atoms with Crippen LogP contribution in [0.2, 0.25) is 0 Å². The number of pyridine rings is 2. The topological polar surface area (TPSA) is 83.9 Å². The Kier molecular flexibility index (Phi) is 5.25. The molecule has 1 aliphatic carbocycles. The molecule has 1 amide bonds. The number of rotatable bonds is 4. The summed E-state index contributed by atoms with van der Waals surface area (Å²) in [6, 6.07) is 4.41. The third-order valence-electron chi connectivity index (χ3n) is 5.48. The van der Waals surface area contributed by atoms with Crippen molar-refractivity contribution in [3.05, 3.63) is 43.1 Å². The second-order valence-corrected chi connectivity index (χ2v) is 7.54. The Bertz CT molecular complexity index is 967. The highest BCUT2D eigenvalue weighted by Crippen LogP contribution is 2.28. The molecule has 7 nitrogen and oxygen atoms in total. The molecule has 0 unspecified atom stereocenters. The van der Waals surface area contributed by atoms with Crippen LogP contribution in [0.15, 0.2) is 43.1 Å². The monoisotopic (exact) mass is 376 g/mol. The van der Waals surface area contributed by atoms with Crippen molar-refractivity contribution < 1.29 is 4.79 Å². The van der Waals surface area contributed by atoms with Crippen LogP contribution in [0.1, 0.15) is 25.7 Å². The summed E-state index contributed by atoms with van der Waals surface area (Å²) >= 11 is 0. The fourth-order valence-corrected chi connectivity index (χ4v) is 3.76. The summed E-state index contributed by atoms with van der Waals surface area (Å²) in [6.45, 7) is 0. The van der Waals surface area contributed by atoms with Gasteiger partial charge >= 0.3 is 0 Å². The van der Waals surface area contributed by atoms with Crippen molar-refractivity contribution in [3.63, 3.8) is 0 Å². The molecule has 0 spiro atoms. The number of nitrogens with zero attached hydrogens (tertiary/aromatic N) is 5. The van der Waals surface area contributed by atoms with Gasteiger partial charge in [0.25, 0.3) is 0 Å². The number of anilines is 1. The lowest BCUT2D eigenvalue weighted by Gasteiger charge is -2.31. The zero-order chi connectivity index (χ0) is 19.5. The maximum atomic E-state index is 12.7. The van der Waals surface area contributed by atoms with Crippen molar-refractivity contribution >= 4 is 22.5 Å². The molecule has 4 rings (SSSR count). The maximum absolute atomic E-state index is 12.7. The van der Waals surface area contributed by atoms with Crippen molar-refractivity contribution in [1.82, 2.24) is 24.8 Å². The summed E-state index contributed by atoms with van der Waals surface area (Å²) in [5, 5.41) is 4.86. The molecule has 1 N–H and O–H groups in total. The summed E-state index contributed by atoms with van der Waals surface area (Å²) in [5.41, 5.74) is 1.45. The van der Waals surface area contributed by atoms with Crippen LogP contribution < -0.4 is 5.32 Å². The van der Waals surface area contributed by atoms with Gasteiger partial charge in [0, 0.05) is 42.1 Å². The van der Waals surface area contributed by atoms with Crippen molar-refractivity contribution in [1.29, 1.82) is 0 Å². The predicted octanol–water partition coefficient (Wildman–Crippen LogP) is 3.15. The van der Waals surface area contributed by atoms with E-state index in [1.807, 2.05) is 12.1 Å². The lowest BCUT2D eigenvalue weighted by molar-refractivity contribution is -0.121. The van der Waals surface area contributed by atoms with Gasteiger partial charge in [0.2, 0.25) is 5.91 Å². The normalized spacial score (nSPS) is 19.7. The molecule has 0 atom stereocenters. The molecule has 1 aliphatic rings. The van der Waals surface area contributed by atoms with E-state index < -0.39 is 0 Å². The summed E-state index contributed by atoms with van der Waals surface area (Å²) < 4.78 is 0. The fraction of sp³-hybridized carbons (Fsp3) is 0.381. The molecule has 3 aromatic heterocycles. The molecule has 28 heavy (non-hydrogen) atoms. The molecule has 0 saturated heterocycles. The Morgan fingerprint density at radius 3 is 2.43 bits per heavy atom. The molecule has 3 aromatic rings. The standard InChI is InChI=1S/C21H24N6O/c1-27(2)17-5-3-14(4-6-17)21(28)26-20-10-15-9-18(19-13-22-7-8-23-19)24-11-16(15)12-25-20/h7-14,17H,3-6H2,1-2H3,(H,25,26,28)/t14-,17-. The highest BCUT2D eigenvalue weighted by Gasteiger charge is 2.27. The molecule has 1 saturated carbocycles. The summed E-state index contributed by atoms with van der Waals surface area (Å²) in [6.07, 6.45) is 12.4. The first-order chi connectivity index (χ1) is 13.6. The van der Waals surface area contributed by atoms with Crippen LogP contribution in [-0.4, -0.2) is 50.9 Å². The van der Waals surface area contributed by atoms with Crippen LogP contribution in [0.5, 0.6) is 0 Å². The van der Waals surface area contributed by atoms with Crippen LogP contribution in [0.25, 0.3) is 22.2 Å². The van der Waals surface area contributed by atoms with Gasteiger partial charge in [-0.05, 0) is 57.3 Å². The zero-order valence-corrected chi connectivity index (χ0v) is 16.2. The molecular formula is C21H24N6O. The lowest BCUT2D eigenvalue weighted by Crippen LogP contribution is -2.35. The van der Waals surface area contributed by atoms with E-state index in [0.717, 1.165) is 42.1 Å². The molecule has 0 aromatic carbocycles. The number of carbonyl (C=O) groups excluding carboxylic acids is 1. The van der Waals surface area contributed by atoms with Crippen molar-refractivity contribution in [2.75, 3.05) is 19.4 Å². The first-order valence-corrected chi connectivity index (χ1v) is 9.59. The van der Waals surface area contributed by atoms with E-state index in [1.165, 1.54) is 0 Å². The van der Waals surface area contributed by atoms with Gasteiger partial charge in [-0.1, -0.05) is 0 Å². The van der Waals surface area contributed by atoms with Gasteiger partial charge in [0.1, 0.15) is 11.5 Å². The Morgan fingerprint density at radius 2 is 1.71 bits per heavy atom. The molecule has 0 radical (unpaired) electrons. The quantitative estimate of drug-likeness (QED) is 0.753. The molecule has 0 bridgehead atoms. The minimum absolute atomic E-state index is 0.0568. The van der Waals surface area contributed by atoms with E-state index in [4.69, 9.17) is 0 Å². The van der Waals surface area contributed by atoms with E-state index in [9.17, 15) is 4.79 Å². The van der Waals surface area contributed by atoms with Crippen molar-refractivity contribution in [2.24, 2.45) is 5.92 Å².